The van der Waals surface area contributed by atoms with Crippen molar-refractivity contribution in [2.24, 2.45) is 0 Å². The molecule has 1 aliphatic heterocycles. The Labute approximate surface area is 160 Å². The van der Waals surface area contributed by atoms with Crippen molar-refractivity contribution >= 4 is 16.9 Å². The molecular weight excluding hydrogens is 360 g/mol. The molecule has 3 aromatic rings. The van der Waals surface area contributed by atoms with Gasteiger partial charge in [0.1, 0.15) is 5.75 Å². The van der Waals surface area contributed by atoms with Crippen LogP contribution < -0.4 is 21.2 Å². The SMILES string of the molecule is COc1ccccc1C1CNCCN1C(=O)c1ccc2[nH]c(=O)c(=O)[nH]c2c1. The highest BCUT2D eigenvalue weighted by Gasteiger charge is 2.30. The van der Waals surface area contributed by atoms with Crippen molar-refractivity contribution in [1.29, 1.82) is 0 Å². The number of methoxy groups -OCH3 is 1. The number of carbonyl (C=O) groups is 1. The van der Waals surface area contributed by atoms with Gasteiger partial charge in [0.25, 0.3) is 5.91 Å². The zero-order valence-corrected chi connectivity index (χ0v) is 15.3. The fourth-order valence-electron chi connectivity index (χ4n) is 3.58. The van der Waals surface area contributed by atoms with Gasteiger partial charge in [0.2, 0.25) is 0 Å². The van der Waals surface area contributed by atoms with Gasteiger partial charge >= 0.3 is 11.1 Å². The van der Waals surface area contributed by atoms with E-state index in [0.717, 1.165) is 11.3 Å². The molecule has 1 fully saturated rings. The molecule has 1 unspecified atom stereocenters. The molecule has 0 spiro atoms. The molecule has 144 valence electrons. The number of H-pyrrole nitrogens is 2. The average molecular weight is 380 g/mol. The summed E-state index contributed by atoms with van der Waals surface area (Å²) >= 11 is 0. The highest BCUT2D eigenvalue weighted by atomic mass is 16.5. The second-order valence-corrected chi connectivity index (χ2v) is 6.63. The number of aromatic nitrogens is 2. The van der Waals surface area contributed by atoms with Crippen LogP contribution in [-0.2, 0) is 0 Å². The molecule has 8 heteroatoms. The van der Waals surface area contributed by atoms with Crippen molar-refractivity contribution in [3.8, 4) is 5.75 Å². The van der Waals surface area contributed by atoms with Gasteiger partial charge in [0.05, 0.1) is 24.2 Å². The minimum absolute atomic E-state index is 0.147. The smallest absolute Gasteiger partial charge is 0.314 e. The molecule has 1 atom stereocenters. The molecule has 28 heavy (non-hydrogen) atoms. The topological polar surface area (TPSA) is 107 Å². The van der Waals surface area contributed by atoms with E-state index in [2.05, 4.69) is 15.3 Å². The van der Waals surface area contributed by atoms with Gasteiger partial charge < -0.3 is 24.9 Å². The number of hydrogen-bond donors (Lipinski definition) is 3. The van der Waals surface area contributed by atoms with E-state index in [1.807, 2.05) is 24.3 Å². The summed E-state index contributed by atoms with van der Waals surface area (Å²) in [4.78, 5) is 43.2. The zero-order valence-electron chi connectivity index (χ0n) is 15.3. The third-order valence-electron chi connectivity index (χ3n) is 4.97. The number of amides is 1. The zero-order chi connectivity index (χ0) is 19.7. The van der Waals surface area contributed by atoms with Crippen LogP contribution in [0.2, 0.25) is 0 Å². The highest BCUT2D eigenvalue weighted by molar-refractivity contribution is 5.97. The quantitative estimate of drug-likeness (QED) is 0.588. The van der Waals surface area contributed by atoms with Gasteiger partial charge in [-0.05, 0) is 24.3 Å². The summed E-state index contributed by atoms with van der Waals surface area (Å²) in [7, 11) is 1.61. The van der Waals surface area contributed by atoms with E-state index in [4.69, 9.17) is 4.74 Å². The number of benzene rings is 2. The molecule has 1 amide bonds. The number of nitrogens with one attached hydrogen (secondary N) is 3. The van der Waals surface area contributed by atoms with Gasteiger partial charge in [-0.1, -0.05) is 18.2 Å². The van der Waals surface area contributed by atoms with Crippen molar-refractivity contribution in [2.45, 2.75) is 6.04 Å². The molecule has 0 saturated carbocycles. The monoisotopic (exact) mass is 380 g/mol. The Balaban J connectivity index is 1.72. The van der Waals surface area contributed by atoms with E-state index < -0.39 is 11.1 Å². The van der Waals surface area contributed by atoms with Crippen molar-refractivity contribution < 1.29 is 9.53 Å². The van der Waals surface area contributed by atoms with Gasteiger partial charge in [-0.15, -0.1) is 0 Å². The van der Waals surface area contributed by atoms with E-state index >= 15 is 0 Å². The number of carbonyl (C=O) groups excluding carboxylic acids is 1. The highest BCUT2D eigenvalue weighted by Crippen LogP contribution is 2.31. The maximum Gasteiger partial charge on any atom is 0.314 e. The standard InChI is InChI=1S/C20H20N4O4/c1-28-17-5-3-2-4-13(17)16-11-21-8-9-24(16)20(27)12-6-7-14-15(10-12)23-19(26)18(25)22-14/h2-7,10,16,21H,8-9,11H2,1H3,(H,22,25)(H,23,26). The number of rotatable bonds is 3. The van der Waals surface area contributed by atoms with Gasteiger partial charge in [-0.3, -0.25) is 14.4 Å². The Morgan fingerprint density at radius 2 is 1.82 bits per heavy atom. The lowest BCUT2D eigenvalue weighted by Gasteiger charge is -2.37. The summed E-state index contributed by atoms with van der Waals surface area (Å²) in [6.45, 7) is 1.85. The van der Waals surface area contributed by atoms with Gasteiger partial charge in [0, 0.05) is 30.8 Å². The first-order valence-electron chi connectivity index (χ1n) is 8.99. The molecule has 2 aromatic carbocycles. The van der Waals surface area contributed by atoms with Crippen molar-refractivity contribution in [2.75, 3.05) is 26.7 Å². The largest absolute Gasteiger partial charge is 0.496 e. The normalized spacial score (nSPS) is 16.9. The minimum atomic E-state index is -0.744. The summed E-state index contributed by atoms with van der Waals surface area (Å²) in [5.74, 6) is 0.584. The third-order valence-corrected chi connectivity index (χ3v) is 4.97. The van der Waals surface area contributed by atoms with Gasteiger partial charge in [-0.25, -0.2) is 0 Å². The number of fused-ring (bicyclic) bond motifs is 1. The van der Waals surface area contributed by atoms with Crippen LogP contribution in [0.1, 0.15) is 22.0 Å². The van der Waals surface area contributed by atoms with Crippen LogP contribution in [0, 0.1) is 0 Å². The summed E-state index contributed by atoms with van der Waals surface area (Å²) in [6.07, 6.45) is 0. The van der Waals surface area contributed by atoms with Crippen LogP contribution in [0.3, 0.4) is 0 Å². The van der Waals surface area contributed by atoms with E-state index in [-0.39, 0.29) is 11.9 Å². The van der Waals surface area contributed by atoms with Crippen LogP contribution in [-0.4, -0.2) is 47.5 Å². The first-order valence-corrected chi connectivity index (χ1v) is 8.99. The first-order chi connectivity index (χ1) is 13.6. The van der Waals surface area contributed by atoms with Crippen molar-refractivity contribution in [3.63, 3.8) is 0 Å². The molecule has 1 aliphatic rings. The molecule has 0 radical (unpaired) electrons. The predicted molar refractivity (Wildman–Crippen MR) is 105 cm³/mol. The fraction of sp³-hybridized carbons (Fsp3) is 0.250. The second-order valence-electron chi connectivity index (χ2n) is 6.63. The predicted octanol–water partition coefficient (Wildman–Crippen LogP) is 1.01. The number of hydrogen-bond acceptors (Lipinski definition) is 5. The van der Waals surface area contributed by atoms with Crippen LogP contribution >= 0.6 is 0 Å². The Morgan fingerprint density at radius 3 is 2.61 bits per heavy atom. The Kier molecular flexibility index (Phi) is 4.70. The molecule has 3 N–H and O–H groups in total. The van der Waals surface area contributed by atoms with Crippen LogP contribution in [0.15, 0.2) is 52.1 Å². The Bertz CT molecular complexity index is 1150. The summed E-state index contributed by atoms with van der Waals surface area (Å²) in [5.41, 5.74) is 0.805. The number of piperazine rings is 1. The van der Waals surface area contributed by atoms with Crippen LogP contribution in [0.25, 0.3) is 11.0 Å². The molecule has 1 aromatic heterocycles. The maximum atomic E-state index is 13.3. The number of para-hydroxylation sites is 1. The van der Waals surface area contributed by atoms with E-state index in [1.54, 1.807) is 30.2 Å². The average Bonchev–Trinajstić information content (AvgIpc) is 2.73. The van der Waals surface area contributed by atoms with E-state index in [9.17, 15) is 14.4 Å². The number of aromatic amines is 2. The Morgan fingerprint density at radius 1 is 1.07 bits per heavy atom. The first kappa shape index (κ1) is 18.0. The number of ether oxygens (including phenoxy) is 1. The molecule has 8 nitrogen and oxygen atoms in total. The lowest BCUT2D eigenvalue weighted by molar-refractivity contribution is 0.0632. The summed E-state index contributed by atoms with van der Waals surface area (Å²) < 4.78 is 5.48. The molecule has 0 bridgehead atoms. The molecule has 4 rings (SSSR count). The summed E-state index contributed by atoms with van der Waals surface area (Å²) in [6, 6.07) is 12.3. The van der Waals surface area contributed by atoms with Gasteiger partial charge in [-0.2, -0.15) is 0 Å². The fourth-order valence-corrected chi connectivity index (χ4v) is 3.58. The molecular formula is C20H20N4O4. The third kappa shape index (κ3) is 3.18. The number of nitrogens with zero attached hydrogens (tertiary/aromatic N) is 1. The van der Waals surface area contributed by atoms with E-state index in [0.29, 0.717) is 36.2 Å². The maximum absolute atomic E-state index is 13.3. The lowest BCUT2D eigenvalue weighted by Crippen LogP contribution is -2.48. The van der Waals surface area contributed by atoms with Crippen LogP contribution in [0.5, 0.6) is 5.75 Å². The lowest BCUT2D eigenvalue weighted by atomic mass is 10.0. The summed E-state index contributed by atoms with van der Waals surface area (Å²) in [5, 5.41) is 3.33. The molecule has 1 saturated heterocycles. The second kappa shape index (κ2) is 7.32. The van der Waals surface area contributed by atoms with Gasteiger partial charge in [0.15, 0.2) is 0 Å². The van der Waals surface area contributed by atoms with Crippen molar-refractivity contribution in [1.82, 2.24) is 20.2 Å². The molecule has 0 aliphatic carbocycles. The van der Waals surface area contributed by atoms with E-state index in [1.165, 1.54) is 0 Å². The molecule has 2 heterocycles. The minimum Gasteiger partial charge on any atom is -0.496 e. The Hall–Kier alpha value is -3.39. The van der Waals surface area contributed by atoms with Crippen LogP contribution in [0.4, 0.5) is 0 Å². The van der Waals surface area contributed by atoms with Crippen molar-refractivity contribution in [3.05, 3.63) is 74.3 Å².